The molecule has 0 saturated heterocycles. The maximum absolute atomic E-state index is 4.55. The predicted molar refractivity (Wildman–Crippen MR) is 59.9 cm³/mol. The molecule has 3 rings (SSSR count). The van der Waals surface area contributed by atoms with Gasteiger partial charge in [0.1, 0.15) is 0 Å². The maximum atomic E-state index is 4.55. The molecule has 0 aliphatic heterocycles. The van der Waals surface area contributed by atoms with Gasteiger partial charge in [-0.25, -0.2) is 0 Å². The molecule has 0 amide bonds. The smallest absolute Gasteiger partial charge is 0.0700 e. The van der Waals surface area contributed by atoms with E-state index in [1.165, 1.54) is 49.1 Å². The van der Waals surface area contributed by atoms with E-state index in [-0.39, 0.29) is 0 Å². The van der Waals surface area contributed by atoms with Crippen molar-refractivity contribution in [2.45, 2.75) is 50.5 Å². The van der Waals surface area contributed by atoms with Crippen LogP contribution in [0, 0.1) is 0 Å². The standard InChI is InChI=1S/C12H19N3/c1-13-7-10-11(8-3-2-4-8)14-15-12(10)9-5-6-9/h8-9,13H,2-7H2,1H3,(H,14,15). The molecule has 3 heteroatoms. The molecule has 0 bridgehead atoms. The van der Waals surface area contributed by atoms with Crippen LogP contribution in [0.25, 0.3) is 0 Å². The van der Waals surface area contributed by atoms with Gasteiger partial charge in [0, 0.05) is 29.6 Å². The second-order valence-corrected chi connectivity index (χ2v) is 4.93. The topological polar surface area (TPSA) is 40.7 Å². The Labute approximate surface area is 90.7 Å². The van der Waals surface area contributed by atoms with Crippen molar-refractivity contribution in [3.05, 3.63) is 17.0 Å². The van der Waals surface area contributed by atoms with E-state index in [1.54, 1.807) is 0 Å². The molecular weight excluding hydrogens is 186 g/mol. The van der Waals surface area contributed by atoms with E-state index in [1.807, 2.05) is 7.05 Å². The first-order chi connectivity index (χ1) is 7.40. The lowest BCUT2D eigenvalue weighted by atomic mass is 9.81. The van der Waals surface area contributed by atoms with Gasteiger partial charge in [-0.2, -0.15) is 5.10 Å². The first-order valence-electron chi connectivity index (χ1n) is 6.11. The van der Waals surface area contributed by atoms with E-state index in [0.717, 1.165) is 18.4 Å². The third-order valence-electron chi connectivity index (χ3n) is 3.76. The molecule has 0 atom stereocenters. The molecule has 15 heavy (non-hydrogen) atoms. The van der Waals surface area contributed by atoms with Crippen LogP contribution in [0.15, 0.2) is 0 Å². The van der Waals surface area contributed by atoms with Crippen molar-refractivity contribution in [2.24, 2.45) is 0 Å². The summed E-state index contributed by atoms with van der Waals surface area (Å²) in [5, 5.41) is 11.1. The van der Waals surface area contributed by atoms with Crippen molar-refractivity contribution in [1.29, 1.82) is 0 Å². The van der Waals surface area contributed by atoms with E-state index >= 15 is 0 Å². The molecule has 2 fully saturated rings. The number of hydrogen-bond donors (Lipinski definition) is 2. The Balaban J connectivity index is 1.90. The Hall–Kier alpha value is -0.830. The molecule has 0 spiro atoms. The molecule has 0 radical (unpaired) electrons. The Kier molecular flexibility index (Phi) is 2.28. The lowest BCUT2D eigenvalue weighted by Gasteiger charge is -2.24. The first kappa shape index (κ1) is 9.40. The number of rotatable bonds is 4. The molecule has 1 aromatic heterocycles. The molecular formula is C12H19N3. The minimum Gasteiger partial charge on any atom is -0.316 e. The van der Waals surface area contributed by atoms with Crippen LogP contribution in [0.5, 0.6) is 0 Å². The van der Waals surface area contributed by atoms with Crippen LogP contribution < -0.4 is 5.32 Å². The van der Waals surface area contributed by atoms with Gasteiger partial charge in [0.2, 0.25) is 0 Å². The summed E-state index contributed by atoms with van der Waals surface area (Å²) in [4.78, 5) is 0. The van der Waals surface area contributed by atoms with Gasteiger partial charge in [0.15, 0.2) is 0 Å². The van der Waals surface area contributed by atoms with Crippen LogP contribution in [0.3, 0.4) is 0 Å². The summed E-state index contributed by atoms with van der Waals surface area (Å²) in [5.41, 5.74) is 4.26. The van der Waals surface area contributed by atoms with Gasteiger partial charge in [0.25, 0.3) is 0 Å². The van der Waals surface area contributed by atoms with Crippen molar-refractivity contribution >= 4 is 0 Å². The summed E-state index contributed by atoms with van der Waals surface area (Å²) in [6.45, 7) is 0.980. The number of nitrogens with one attached hydrogen (secondary N) is 2. The Morgan fingerprint density at radius 3 is 2.60 bits per heavy atom. The van der Waals surface area contributed by atoms with Gasteiger partial charge < -0.3 is 5.32 Å². The highest BCUT2D eigenvalue weighted by molar-refractivity contribution is 5.33. The van der Waals surface area contributed by atoms with Crippen LogP contribution in [0.1, 0.15) is 60.9 Å². The van der Waals surface area contributed by atoms with E-state index in [9.17, 15) is 0 Å². The number of H-pyrrole nitrogens is 1. The van der Waals surface area contributed by atoms with E-state index in [2.05, 4.69) is 15.5 Å². The zero-order valence-corrected chi connectivity index (χ0v) is 9.34. The molecule has 2 aliphatic rings. The molecule has 1 aromatic rings. The molecule has 0 unspecified atom stereocenters. The van der Waals surface area contributed by atoms with Gasteiger partial charge >= 0.3 is 0 Å². The monoisotopic (exact) mass is 205 g/mol. The van der Waals surface area contributed by atoms with Crippen LogP contribution in [-0.4, -0.2) is 17.2 Å². The number of aromatic amines is 1. The molecule has 3 nitrogen and oxygen atoms in total. The average Bonchev–Trinajstić information content (AvgIpc) is 2.91. The summed E-state index contributed by atoms with van der Waals surface area (Å²) in [6, 6.07) is 0. The van der Waals surface area contributed by atoms with Crippen molar-refractivity contribution in [1.82, 2.24) is 15.5 Å². The lowest BCUT2D eigenvalue weighted by Crippen LogP contribution is -2.14. The highest BCUT2D eigenvalue weighted by Crippen LogP contribution is 2.44. The van der Waals surface area contributed by atoms with Gasteiger partial charge in [0.05, 0.1) is 5.69 Å². The second-order valence-electron chi connectivity index (χ2n) is 4.93. The Morgan fingerprint density at radius 2 is 2.07 bits per heavy atom. The average molecular weight is 205 g/mol. The summed E-state index contributed by atoms with van der Waals surface area (Å²) in [6.07, 6.45) is 6.76. The Morgan fingerprint density at radius 1 is 1.27 bits per heavy atom. The molecule has 2 aliphatic carbocycles. The third-order valence-corrected chi connectivity index (χ3v) is 3.76. The molecule has 0 aromatic carbocycles. The van der Waals surface area contributed by atoms with E-state index in [0.29, 0.717) is 0 Å². The molecule has 2 N–H and O–H groups in total. The summed E-state index contributed by atoms with van der Waals surface area (Å²) in [7, 11) is 2.02. The second kappa shape index (κ2) is 3.63. The van der Waals surface area contributed by atoms with Gasteiger partial charge in [-0.15, -0.1) is 0 Å². The fraction of sp³-hybridized carbons (Fsp3) is 0.750. The lowest BCUT2D eigenvalue weighted by molar-refractivity contribution is 0.407. The fourth-order valence-corrected chi connectivity index (χ4v) is 2.49. The third kappa shape index (κ3) is 1.59. The normalized spacial score (nSPS) is 21.7. The molecule has 82 valence electrons. The van der Waals surface area contributed by atoms with Crippen molar-refractivity contribution in [2.75, 3.05) is 7.05 Å². The van der Waals surface area contributed by atoms with E-state index in [4.69, 9.17) is 0 Å². The van der Waals surface area contributed by atoms with Gasteiger partial charge in [-0.3, -0.25) is 5.10 Å². The van der Waals surface area contributed by atoms with Crippen molar-refractivity contribution < 1.29 is 0 Å². The zero-order chi connectivity index (χ0) is 10.3. The van der Waals surface area contributed by atoms with Crippen LogP contribution in [0.4, 0.5) is 0 Å². The minimum atomic E-state index is 0.747. The van der Waals surface area contributed by atoms with Crippen LogP contribution in [0.2, 0.25) is 0 Å². The first-order valence-corrected chi connectivity index (χ1v) is 6.11. The SMILES string of the molecule is CNCc1c(C2CCC2)n[nH]c1C1CC1. The largest absolute Gasteiger partial charge is 0.316 e. The maximum Gasteiger partial charge on any atom is 0.0700 e. The summed E-state index contributed by atoms with van der Waals surface area (Å²) >= 11 is 0. The minimum absolute atomic E-state index is 0.747. The molecule has 1 heterocycles. The van der Waals surface area contributed by atoms with Crippen molar-refractivity contribution in [3.63, 3.8) is 0 Å². The predicted octanol–water partition coefficient (Wildman–Crippen LogP) is 2.27. The van der Waals surface area contributed by atoms with Crippen LogP contribution in [-0.2, 0) is 6.54 Å². The number of hydrogen-bond acceptors (Lipinski definition) is 2. The highest BCUT2D eigenvalue weighted by Gasteiger charge is 2.32. The fourth-order valence-electron chi connectivity index (χ4n) is 2.49. The summed E-state index contributed by atoms with van der Waals surface area (Å²) < 4.78 is 0. The molecule has 2 saturated carbocycles. The summed E-state index contributed by atoms with van der Waals surface area (Å²) in [5.74, 6) is 1.53. The Bertz CT molecular complexity index is 348. The van der Waals surface area contributed by atoms with Gasteiger partial charge in [-0.1, -0.05) is 6.42 Å². The highest BCUT2D eigenvalue weighted by atomic mass is 15.1. The quantitative estimate of drug-likeness (QED) is 0.791. The van der Waals surface area contributed by atoms with Crippen LogP contribution >= 0.6 is 0 Å². The zero-order valence-electron chi connectivity index (χ0n) is 9.34. The van der Waals surface area contributed by atoms with Crippen molar-refractivity contribution in [3.8, 4) is 0 Å². The number of nitrogens with zero attached hydrogens (tertiary/aromatic N) is 1. The van der Waals surface area contributed by atoms with E-state index < -0.39 is 0 Å². The van der Waals surface area contributed by atoms with Gasteiger partial charge in [-0.05, 0) is 32.7 Å². The number of aromatic nitrogens is 2.